The van der Waals surface area contributed by atoms with Gasteiger partial charge >= 0.3 is 0 Å². The highest BCUT2D eigenvalue weighted by molar-refractivity contribution is 5.78. The van der Waals surface area contributed by atoms with Crippen molar-refractivity contribution < 1.29 is 4.79 Å². The zero-order chi connectivity index (χ0) is 15.2. The summed E-state index contributed by atoms with van der Waals surface area (Å²) in [6.07, 6.45) is 3.70. The van der Waals surface area contributed by atoms with Gasteiger partial charge in [-0.1, -0.05) is 31.2 Å². The van der Waals surface area contributed by atoms with Gasteiger partial charge in [-0.3, -0.25) is 9.48 Å². The summed E-state index contributed by atoms with van der Waals surface area (Å²) in [6.45, 7) is 4.96. The summed E-state index contributed by atoms with van der Waals surface area (Å²) in [5.74, 6) is -0.185. The second kappa shape index (κ2) is 7.04. The Morgan fingerprint density at radius 2 is 1.95 bits per heavy atom. The standard InChI is InChI=1S/C16H22N4O/c1-12(13(2)17)16(21)18-10-14-4-6-15(7-5-14)11-20-9-3-8-19-20/h3-9,12-13H,10-11,17H2,1-2H3,(H,18,21). The first-order valence-electron chi connectivity index (χ1n) is 7.15. The summed E-state index contributed by atoms with van der Waals surface area (Å²) in [4.78, 5) is 11.8. The van der Waals surface area contributed by atoms with E-state index in [0.717, 1.165) is 12.1 Å². The van der Waals surface area contributed by atoms with E-state index in [9.17, 15) is 4.79 Å². The monoisotopic (exact) mass is 286 g/mol. The molecule has 3 N–H and O–H groups in total. The molecule has 1 aromatic carbocycles. The molecule has 5 nitrogen and oxygen atoms in total. The predicted octanol–water partition coefficient (Wildman–Crippen LogP) is 1.53. The fourth-order valence-electron chi connectivity index (χ4n) is 1.93. The van der Waals surface area contributed by atoms with Crippen molar-refractivity contribution in [1.29, 1.82) is 0 Å². The number of carbonyl (C=O) groups is 1. The number of amides is 1. The molecule has 0 fully saturated rings. The van der Waals surface area contributed by atoms with Gasteiger partial charge in [-0.15, -0.1) is 0 Å². The quantitative estimate of drug-likeness (QED) is 0.846. The van der Waals surface area contributed by atoms with Gasteiger partial charge in [0, 0.05) is 30.9 Å². The number of benzene rings is 1. The molecule has 0 saturated heterocycles. The Morgan fingerprint density at radius 1 is 1.29 bits per heavy atom. The second-order valence-corrected chi connectivity index (χ2v) is 5.39. The number of hydrogen-bond donors (Lipinski definition) is 2. The molecule has 0 saturated carbocycles. The van der Waals surface area contributed by atoms with Crippen LogP contribution in [-0.2, 0) is 17.9 Å². The van der Waals surface area contributed by atoms with Crippen molar-refractivity contribution in [3.63, 3.8) is 0 Å². The van der Waals surface area contributed by atoms with Gasteiger partial charge in [0.05, 0.1) is 6.54 Å². The number of nitrogens with zero attached hydrogens (tertiary/aromatic N) is 2. The molecular weight excluding hydrogens is 264 g/mol. The van der Waals surface area contributed by atoms with Gasteiger partial charge in [-0.2, -0.15) is 5.10 Å². The van der Waals surface area contributed by atoms with E-state index in [4.69, 9.17) is 5.73 Å². The number of nitrogens with one attached hydrogen (secondary N) is 1. The Morgan fingerprint density at radius 3 is 2.52 bits per heavy atom. The molecule has 2 aromatic rings. The molecule has 0 aliphatic heterocycles. The summed E-state index contributed by atoms with van der Waals surface area (Å²) in [7, 11) is 0. The van der Waals surface area contributed by atoms with Crippen molar-refractivity contribution in [2.24, 2.45) is 11.7 Å². The average molecular weight is 286 g/mol. The largest absolute Gasteiger partial charge is 0.352 e. The van der Waals surface area contributed by atoms with Gasteiger partial charge in [0.15, 0.2) is 0 Å². The van der Waals surface area contributed by atoms with Crippen LogP contribution in [0.25, 0.3) is 0 Å². The van der Waals surface area contributed by atoms with Crippen LogP contribution in [0.2, 0.25) is 0 Å². The fraction of sp³-hybridized carbons (Fsp3) is 0.375. The van der Waals surface area contributed by atoms with E-state index in [1.807, 2.05) is 42.9 Å². The van der Waals surface area contributed by atoms with E-state index in [1.165, 1.54) is 5.56 Å². The number of rotatable bonds is 6. The van der Waals surface area contributed by atoms with Crippen molar-refractivity contribution in [2.75, 3.05) is 0 Å². The first-order valence-corrected chi connectivity index (χ1v) is 7.15. The molecule has 2 unspecified atom stereocenters. The summed E-state index contributed by atoms with van der Waals surface area (Å²) in [6, 6.07) is 9.92. The van der Waals surface area contributed by atoms with Crippen molar-refractivity contribution >= 4 is 5.91 Å². The summed E-state index contributed by atoms with van der Waals surface area (Å²) in [5, 5.41) is 7.09. The molecule has 0 aliphatic carbocycles. The van der Waals surface area contributed by atoms with E-state index in [2.05, 4.69) is 22.5 Å². The molecule has 0 spiro atoms. The van der Waals surface area contributed by atoms with Gasteiger partial charge in [-0.05, 0) is 24.1 Å². The van der Waals surface area contributed by atoms with Crippen molar-refractivity contribution in [3.05, 3.63) is 53.9 Å². The number of nitrogens with two attached hydrogens (primary N) is 1. The molecule has 0 bridgehead atoms. The average Bonchev–Trinajstić information content (AvgIpc) is 2.98. The van der Waals surface area contributed by atoms with Crippen molar-refractivity contribution in [3.8, 4) is 0 Å². The Balaban J connectivity index is 1.86. The lowest BCUT2D eigenvalue weighted by atomic mass is 10.0. The second-order valence-electron chi connectivity index (χ2n) is 5.39. The van der Waals surface area contributed by atoms with Crippen LogP contribution in [0.5, 0.6) is 0 Å². The van der Waals surface area contributed by atoms with E-state index in [-0.39, 0.29) is 17.9 Å². The Kier molecular flexibility index (Phi) is 5.11. The molecule has 0 aliphatic rings. The summed E-state index contributed by atoms with van der Waals surface area (Å²) in [5.41, 5.74) is 7.97. The Bertz CT molecular complexity index is 560. The summed E-state index contributed by atoms with van der Waals surface area (Å²) < 4.78 is 1.88. The molecular formula is C16H22N4O. The highest BCUT2D eigenvalue weighted by atomic mass is 16.1. The maximum Gasteiger partial charge on any atom is 0.224 e. The third-order valence-corrected chi connectivity index (χ3v) is 3.60. The number of hydrogen-bond acceptors (Lipinski definition) is 3. The van der Waals surface area contributed by atoms with Crippen LogP contribution in [0.3, 0.4) is 0 Å². The maximum atomic E-state index is 11.8. The van der Waals surface area contributed by atoms with Crippen LogP contribution in [0.15, 0.2) is 42.7 Å². The molecule has 112 valence electrons. The van der Waals surface area contributed by atoms with Crippen molar-refractivity contribution in [1.82, 2.24) is 15.1 Å². The Hall–Kier alpha value is -2.14. The Labute approximate surface area is 125 Å². The van der Waals surface area contributed by atoms with Crippen LogP contribution < -0.4 is 11.1 Å². The topological polar surface area (TPSA) is 72.9 Å². The van der Waals surface area contributed by atoms with Crippen LogP contribution in [-0.4, -0.2) is 21.7 Å². The van der Waals surface area contributed by atoms with Gasteiger partial charge < -0.3 is 11.1 Å². The first kappa shape index (κ1) is 15.3. The minimum absolute atomic E-state index is 0.00869. The minimum Gasteiger partial charge on any atom is -0.352 e. The van der Waals surface area contributed by atoms with Gasteiger partial charge in [0.25, 0.3) is 0 Å². The molecule has 21 heavy (non-hydrogen) atoms. The fourth-order valence-corrected chi connectivity index (χ4v) is 1.93. The SMILES string of the molecule is CC(N)C(C)C(=O)NCc1ccc(Cn2cccn2)cc1. The zero-order valence-electron chi connectivity index (χ0n) is 12.5. The highest BCUT2D eigenvalue weighted by Gasteiger charge is 2.16. The molecule has 1 amide bonds. The molecule has 1 aromatic heterocycles. The highest BCUT2D eigenvalue weighted by Crippen LogP contribution is 2.07. The maximum absolute atomic E-state index is 11.8. The third kappa shape index (κ3) is 4.43. The molecule has 1 heterocycles. The van der Waals surface area contributed by atoms with Gasteiger partial charge in [-0.25, -0.2) is 0 Å². The van der Waals surface area contributed by atoms with Crippen LogP contribution >= 0.6 is 0 Å². The smallest absolute Gasteiger partial charge is 0.224 e. The third-order valence-electron chi connectivity index (χ3n) is 3.60. The normalized spacial score (nSPS) is 13.7. The van der Waals surface area contributed by atoms with Crippen molar-refractivity contribution in [2.45, 2.75) is 33.0 Å². The lowest BCUT2D eigenvalue weighted by molar-refractivity contribution is -0.125. The minimum atomic E-state index is -0.177. The molecule has 2 rings (SSSR count). The first-order chi connectivity index (χ1) is 10.1. The van der Waals surface area contributed by atoms with E-state index >= 15 is 0 Å². The molecule has 0 radical (unpaired) electrons. The van der Waals surface area contributed by atoms with E-state index in [0.29, 0.717) is 6.54 Å². The zero-order valence-corrected chi connectivity index (χ0v) is 12.5. The van der Waals surface area contributed by atoms with Gasteiger partial charge in [0.1, 0.15) is 0 Å². The van der Waals surface area contributed by atoms with Crippen LogP contribution in [0, 0.1) is 5.92 Å². The number of aromatic nitrogens is 2. The lowest BCUT2D eigenvalue weighted by Crippen LogP contribution is -2.38. The summed E-state index contributed by atoms with van der Waals surface area (Å²) >= 11 is 0. The molecule has 2 atom stereocenters. The number of carbonyl (C=O) groups excluding carboxylic acids is 1. The van der Waals surface area contributed by atoms with Crippen LogP contribution in [0.1, 0.15) is 25.0 Å². The van der Waals surface area contributed by atoms with Gasteiger partial charge in [0.2, 0.25) is 5.91 Å². The van der Waals surface area contributed by atoms with E-state index < -0.39 is 0 Å². The van der Waals surface area contributed by atoms with Crippen LogP contribution in [0.4, 0.5) is 0 Å². The lowest BCUT2D eigenvalue weighted by Gasteiger charge is -2.15. The molecule has 5 heteroatoms. The van der Waals surface area contributed by atoms with E-state index in [1.54, 1.807) is 6.20 Å². The predicted molar refractivity (Wildman–Crippen MR) is 82.4 cm³/mol.